The van der Waals surface area contributed by atoms with E-state index in [1.54, 1.807) is 0 Å². The van der Waals surface area contributed by atoms with E-state index in [4.69, 9.17) is 0 Å². The Kier molecular flexibility index (Phi) is 5.51. The second kappa shape index (κ2) is 7.99. The number of hydrogen-bond acceptors (Lipinski definition) is 3. The molecule has 0 radical (unpaired) electrons. The topological polar surface area (TPSA) is 27.3 Å². The molecule has 2 N–H and O–H groups in total. The number of nitrogens with one attached hydrogen (secondary N) is 2. The molecule has 24 heavy (non-hydrogen) atoms. The van der Waals surface area contributed by atoms with Crippen LogP contribution in [0.25, 0.3) is 0 Å². The molecule has 132 valence electrons. The van der Waals surface area contributed by atoms with E-state index < -0.39 is 0 Å². The Morgan fingerprint density at radius 1 is 1.00 bits per heavy atom. The maximum absolute atomic E-state index is 4.08. The minimum atomic E-state index is 0.695. The van der Waals surface area contributed by atoms with E-state index in [-0.39, 0.29) is 0 Å². The van der Waals surface area contributed by atoms with Crippen molar-refractivity contribution in [3.8, 4) is 0 Å². The summed E-state index contributed by atoms with van der Waals surface area (Å²) >= 11 is 0. The molecule has 1 aliphatic carbocycles. The summed E-state index contributed by atoms with van der Waals surface area (Å²) in [6.07, 6.45) is 9.75. The lowest BCUT2D eigenvalue weighted by molar-refractivity contribution is 0.198. The van der Waals surface area contributed by atoms with Gasteiger partial charge in [0.05, 0.1) is 0 Å². The van der Waals surface area contributed by atoms with E-state index in [2.05, 4.69) is 45.9 Å². The predicted octanol–water partition coefficient (Wildman–Crippen LogP) is 3.16. The van der Waals surface area contributed by atoms with Crippen LogP contribution in [0.4, 0.5) is 0 Å². The largest absolute Gasteiger partial charge is 0.314 e. The highest BCUT2D eigenvalue weighted by Gasteiger charge is 2.35. The van der Waals surface area contributed by atoms with Crippen molar-refractivity contribution in [1.82, 2.24) is 15.5 Å². The van der Waals surface area contributed by atoms with Crippen molar-refractivity contribution >= 4 is 0 Å². The first kappa shape index (κ1) is 16.6. The van der Waals surface area contributed by atoms with Crippen molar-refractivity contribution in [2.45, 2.75) is 69.6 Å². The summed E-state index contributed by atoms with van der Waals surface area (Å²) in [5.74, 6) is 0.865. The monoisotopic (exact) mass is 327 g/mol. The van der Waals surface area contributed by atoms with Gasteiger partial charge in [-0.1, -0.05) is 43.2 Å². The molecule has 4 unspecified atom stereocenters. The molecular weight excluding hydrogens is 294 g/mol. The van der Waals surface area contributed by atoms with Gasteiger partial charge in [0.1, 0.15) is 0 Å². The predicted molar refractivity (Wildman–Crippen MR) is 100 cm³/mol. The van der Waals surface area contributed by atoms with Gasteiger partial charge in [-0.15, -0.1) is 0 Å². The highest BCUT2D eigenvalue weighted by Crippen LogP contribution is 2.31. The van der Waals surface area contributed by atoms with E-state index in [0.29, 0.717) is 6.04 Å². The maximum atomic E-state index is 4.08. The van der Waals surface area contributed by atoms with Crippen LogP contribution in [0.15, 0.2) is 30.3 Å². The Balaban J connectivity index is 1.30. The van der Waals surface area contributed by atoms with Gasteiger partial charge in [0.25, 0.3) is 0 Å². The minimum absolute atomic E-state index is 0.695. The number of likely N-dealkylation sites (tertiary alicyclic amines) is 1. The molecule has 2 saturated heterocycles. The van der Waals surface area contributed by atoms with Crippen LogP contribution in [-0.2, 0) is 6.54 Å². The molecule has 0 spiro atoms. The van der Waals surface area contributed by atoms with Gasteiger partial charge in [-0.3, -0.25) is 4.90 Å². The Bertz CT molecular complexity index is 497. The first-order chi connectivity index (χ1) is 11.9. The van der Waals surface area contributed by atoms with Crippen molar-refractivity contribution in [1.29, 1.82) is 0 Å². The number of hydrogen-bond donors (Lipinski definition) is 2. The lowest BCUT2D eigenvalue weighted by Crippen LogP contribution is -2.50. The van der Waals surface area contributed by atoms with Gasteiger partial charge in [-0.05, 0) is 50.1 Å². The van der Waals surface area contributed by atoms with Crippen LogP contribution in [0.3, 0.4) is 0 Å². The summed E-state index contributed by atoms with van der Waals surface area (Å²) in [5, 5.41) is 7.85. The molecule has 3 fully saturated rings. The SMILES string of the molecule is c1ccc(CN2CCC(NC3CCCCC3C3CCCN3)C2)cc1. The molecule has 0 amide bonds. The van der Waals surface area contributed by atoms with E-state index >= 15 is 0 Å². The summed E-state index contributed by atoms with van der Waals surface area (Å²) < 4.78 is 0. The van der Waals surface area contributed by atoms with E-state index in [1.807, 2.05) is 0 Å². The van der Waals surface area contributed by atoms with Gasteiger partial charge in [0.15, 0.2) is 0 Å². The Labute approximate surface area is 147 Å². The fraction of sp³-hybridized carbons (Fsp3) is 0.714. The molecule has 3 heteroatoms. The van der Waals surface area contributed by atoms with E-state index in [1.165, 1.54) is 70.1 Å². The van der Waals surface area contributed by atoms with Crippen LogP contribution < -0.4 is 10.6 Å². The van der Waals surface area contributed by atoms with Gasteiger partial charge in [-0.25, -0.2) is 0 Å². The lowest BCUT2D eigenvalue weighted by atomic mass is 9.79. The quantitative estimate of drug-likeness (QED) is 0.870. The standard InChI is InChI=1S/C21H33N3/c1-2-7-17(8-3-1)15-24-14-12-18(16-24)23-21-10-5-4-9-19(21)20-11-6-13-22-20/h1-3,7-8,18-23H,4-6,9-16H2. The summed E-state index contributed by atoms with van der Waals surface area (Å²) in [4.78, 5) is 2.62. The molecular formula is C21H33N3. The fourth-order valence-electron chi connectivity index (χ4n) is 5.18. The zero-order valence-corrected chi connectivity index (χ0v) is 14.9. The van der Waals surface area contributed by atoms with Crippen LogP contribution in [0, 0.1) is 5.92 Å². The van der Waals surface area contributed by atoms with Crippen LogP contribution in [0.2, 0.25) is 0 Å². The van der Waals surface area contributed by atoms with Gasteiger partial charge in [0.2, 0.25) is 0 Å². The number of nitrogens with zero attached hydrogens (tertiary/aromatic N) is 1. The highest BCUT2D eigenvalue weighted by atomic mass is 15.2. The lowest BCUT2D eigenvalue weighted by Gasteiger charge is -2.38. The zero-order valence-electron chi connectivity index (χ0n) is 14.9. The third-order valence-corrected chi connectivity index (χ3v) is 6.41. The average Bonchev–Trinajstić information content (AvgIpc) is 3.29. The second-order valence-electron chi connectivity index (χ2n) is 8.13. The van der Waals surface area contributed by atoms with E-state index in [0.717, 1.165) is 24.5 Å². The highest BCUT2D eigenvalue weighted by molar-refractivity contribution is 5.14. The molecule has 2 heterocycles. The summed E-state index contributed by atoms with van der Waals surface area (Å²) in [5.41, 5.74) is 1.45. The third-order valence-electron chi connectivity index (χ3n) is 6.41. The first-order valence-electron chi connectivity index (χ1n) is 10.1. The number of benzene rings is 1. The van der Waals surface area contributed by atoms with Crippen molar-refractivity contribution in [3.05, 3.63) is 35.9 Å². The Morgan fingerprint density at radius 2 is 1.88 bits per heavy atom. The summed E-state index contributed by atoms with van der Waals surface area (Å²) in [7, 11) is 0. The molecule has 4 rings (SSSR count). The Morgan fingerprint density at radius 3 is 2.71 bits per heavy atom. The second-order valence-corrected chi connectivity index (χ2v) is 8.13. The van der Waals surface area contributed by atoms with Crippen LogP contribution in [0.5, 0.6) is 0 Å². The van der Waals surface area contributed by atoms with Gasteiger partial charge >= 0.3 is 0 Å². The number of rotatable bonds is 5. The molecule has 2 aliphatic heterocycles. The molecule has 1 saturated carbocycles. The molecule has 1 aromatic rings. The normalized spacial score (nSPS) is 34.7. The minimum Gasteiger partial charge on any atom is -0.314 e. The molecule has 0 bridgehead atoms. The van der Waals surface area contributed by atoms with Gasteiger partial charge in [0, 0.05) is 37.8 Å². The van der Waals surface area contributed by atoms with Crippen molar-refractivity contribution in [2.75, 3.05) is 19.6 Å². The van der Waals surface area contributed by atoms with Gasteiger partial charge < -0.3 is 10.6 Å². The third kappa shape index (κ3) is 4.01. The average molecular weight is 328 g/mol. The van der Waals surface area contributed by atoms with Crippen LogP contribution in [0.1, 0.15) is 50.5 Å². The Hall–Kier alpha value is -0.900. The zero-order chi connectivity index (χ0) is 16.2. The van der Waals surface area contributed by atoms with Gasteiger partial charge in [-0.2, -0.15) is 0 Å². The van der Waals surface area contributed by atoms with Crippen molar-refractivity contribution in [3.63, 3.8) is 0 Å². The van der Waals surface area contributed by atoms with Crippen LogP contribution in [-0.4, -0.2) is 42.7 Å². The van der Waals surface area contributed by atoms with Crippen molar-refractivity contribution < 1.29 is 0 Å². The first-order valence-corrected chi connectivity index (χ1v) is 10.1. The summed E-state index contributed by atoms with van der Waals surface area (Å²) in [6, 6.07) is 13.2. The van der Waals surface area contributed by atoms with Crippen LogP contribution >= 0.6 is 0 Å². The molecule has 4 atom stereocenters. The summed E-state index contributed by atoms with van der Waals surface area (Å²) in [6.45, 7) is 4.81. The smallest absolute Gasteiger partial charge is 0.0234 e. The van der Waals surface area contributed by atoms with Crippen molar-refractivity contribution in [2.24, 2.45) is 5.92 Å². The molecule has 3 nitrogen and oxygen atoms in total. The molecule has 3 aliphatic rings. The fourth-order valence-corrected chi connectivity index (χ4v) is 5.18. The molecule has 1 aromatic carbocycles. The van der Waals surface area contributed by atoms with E-state index in [9.17, 15) is 0 Å². The molecule has 0 aromatic heterocycles. The maximum Gasteiger partial charge on any atom is 0.0234 e.